The zero-order chi connectivity index (χ0) is 13.3. The fourth-order valence-corrected chi connectivity index (χ4v) is 4.31. The molecule has 21 heavy (non-hydrogen) atoms. The monoisotopic (exact) mass is 337 g/mol. The van der Waals surface area contributed by atoms with Crippen molar-refractivity contribution < 1.29 is 4.79 Å². The summed E-state index contributed by atoms with van der Waals surface area (Å²) in [6, 6.07) is 0.553. The Kier molecular flexibility index (Phi) is 7.25. The Morgan fingerprint density at radius 3 is 2.81 bits per heavy atom. The number of fused-ring (bicyclic) bond motifs is 1. The number of hydrogen-bond acceptors (Lipinski definition) is 3. The molecule has 2 saturated heterocycles. The van der Waals surface area contributed by atoms with E-state index in [1.165, 1.54) is 38.6 Å². The second-order valence-electron chi connectivity index (χ2n) is 6.72. The molecule has 0 aromatic heterocycles. The highest BCUT2D eigenvalue weighted by atomic mass is 35.5. The molecular weight excluding hydrogens is 309 g/mol. The number of rotatable bonds is 3. The molecule has 3 atom stereocenters. The largest absolute Gasteiger partial charge is 0.354 e. The summed E-state index contributed by atoms with van der Waals surface area (Å²) < 4.78 is 0. The predicted octanol–water partition coefficient (Wildman–Crippen LogP) is 1.82. The van der Waals surface area contributed by atoms with E-state index in [1.807, 2.05) is 0 Å². The molecule has 2 heterocycles. The van der Waals surface area contributed by atoms with E-state index in [0.29, 0.717) is 17.9 Å². The second-order valence-corrected chi connectivity index (χ2v) is 6.72. The molecular formula is C15H29Cl2N3O. The lowest BCUT2D eigenvalue weighted by atomic mass is 9.67. The third-order valence-electron chi connectivity index (χ3n) is 5.66. The van der Waals surface area contributed by atoms with Gasteiger partial charge in [-0.25, -0.2) is 0 Å². The molecule has 2 aliphatic heterocycles. The molecule has 2 N–H and O–H groups in total. The van der Waals surface area contributed by atoms with E-state index >= 15 is 0 Å². The molecule has 1 unspecified atom stereocenters. The van der Waals surface area contributed by atoms with Crippen LogP contribution >= 0.6 is 24.8 Å². The topological polar surface area (TPSA) is 44.4 Å². The van der Waals surface area contributed by atoms with Gasteiger partial charge in [0.15, 0.2) is 0 Å². The minimum Gasteiger partial charge on any atom is -0.354 e. The van der Waals surface area contributed by atoms with Crippen LogP contribution in [-0.2, 0) is 4.79 Å². The van der Waals surface area contributed by atoms with Crippen LogP contribution in [0.1, 0.15) is 38.5 Å². The normalized spacial score (nSPS) is 35.5. The summed E-state index contributed by atoms with van der Waals surface area (Å²) in [5, 5.41) is 6.72. The van der Waals surface area contributed by atoms with Crippen LogP contribution < -0.4 is 10.6 Å². The Balaban J connectivity index is 0.00000110. The minimum atomic E-state index is -0.0879. The maximum Gasteiger partial charge on any atom is 0.227 e. The molecule has 4 nitrogen and oxygen atoms in total. The summed E-state index contributed by atoms with van der Waals surface area (Å²) in [6.45, 7) is 3.94. The van der Waals surface area contributed by atoms with Gasteiger partial charge >= 0.3 is 0 Å². The van der Waals surface area contributed by atoms with E-state index in [1.54, 1.807) is 0 Å². The Hall–Kier alpha value is -0.0300. The summed E-state index contributed by atoms with van der Waals surface area (Å²) in [5.74, 6) is 0.894. The van der Waals surface area contributed by atoms with E-state index in [2.05, 4.69) is 22.6 Å². The van der Waals surface area contributed by atoms with Crippen molar-refractivity contribution in [2.75, 3.05) is 33.2 Å². The molecule has 3 aliphatic rings. The first kappa shape index (κ1) is 19.0. The number of carbonyl (C=O) groups excluding carboxylic acids is 1. The van der Waals surface area contributed by atoms with Crippen molar-refractivity contribution in [3.05, 3.63) is 0 Å². The molecule has 1 saturated carbocycles. The summed E-state index contributed by atoms with van der Waals surface area (Å²) in [6.07, 6.45) is 7.32. The number of likely N-dealkylation sites (N-methyl/N-ethyl adjacent to an activating group) is 1. The predicted molar refractivity (Wildman–Crippen MR) is 90.4 cm³/mol. The number of carbonyl (C=O) groups is 1. The standard InChI is InChI=1S/C15H27N3O.2ClH/c1-18-8-4-6-13(18)10-17-14(19)15-7-3-2-5-12(15)9-16-11-15;;/h12-13,16H,2-11H2,1H3,(H,17,19);2*1H/t12-,13?,15+;;/m0../s1. The van der Waals surface area contributed by atoms with Gasteiger partial charge in [-0.2, -0.15) is 0 Å². The number of likely N-dealkylation sites (tertiary alicyclic amines) is 1. The molecule has 1 amide bonds. The van der Waals surface area contributed by atoms with Gasteiger partial charge in [-0.15, -0.1) is 24.8 Å². The minimum absolute atomic E-state index is 0. The van der Waals surface area contributed by atoms with Crippen molar-refractivity contribution in [2.24, 2.45) is 11.3 Å². The van der Waals surface area contributed by atoms with Crippen molar-refractivity contribution in [3.63, 3.8) is 0 Å². The van der Waals surface area contributed by atoms with Gasteiger partial charge in [-0.1, -0.05) is 12.8 Å². The lowest BCUT2D eigenvalue weighted by Crippen LogP contribution is -2.50. The second kappa shape index (κ2) is 8.00. The van der Waals surface area contributed by atoms with Crippen LogP contribution in [-0.4, -0.2) is 50.1 Å². The van der Waals surface area contributed by atoms with E-state index in [0.717, 1.165) is 26.1 Å². The summed E-state index contributed by atoms with van der Waals surface area (Å²) in [7, 11) is 2.17. The molecule has 124 valence electrons. The average Bonchev–Trinajstić information content (AvgIpc) is 3.02. The highest BCUT2D eigenvalue weighted by Crippen LogP contribution is 2.43. The Morgan fingerprint density at radius 1 is 1.29 bits per heavy atom. The number of halogens is 2. The Morgan fingerprint density at radius 2 is 2.10 bits per heavy atom. The molecule has 3 rings (SSSR count). The lowest BCUT2D eigenvalue weighted by molar-refractivity contribution is -0.134. The van der Waals surface area contributed by atoms with Crippen LogP contribution in [0.15, 0.2) is 0 Å². The third-order valence-corrected chi connectivity index (χ3v) is 5.66. The average molecular weight is 338 g/mol. The lowest BCUT2D eigenvalue weighted by Gasteiger charge is -2.37. The highest BCUT2D eigenvalue weighted by Gasteiger charge is 2.49. The molecule has 0 aromatic rings. The van der Waals surface area contributed by atoms with Crippen LogP contribution in [0.4, 0.5) is 0 Å². The fourth-order valence-electron chi connectivity index (χ4n) is 4.31. The smallest absolute Gasteiger partial charge is 0.227 e. The molecule has 0 bridgehead atoms. The summed E-state index contributed by atoms with van der Waals surface area (Å²) in [4.78, 5) is 15.1. The van der Waals surface area contributed by atoms with Crippen LogP contribution in [0, 0.1) is 11.3 Å². The maximum atomic E-state index is 12.7. The van der Waals surface area contributed by atoms with Gasteiger partial charge in [0, 0.05) is 19.1 Å². The quantitative estimate of drug-likeness (QED) is 0.825. The van der Waals surface area contributed by atoms with Crippen molar-refractivity contribution in [1.82, 2.24) is 15.5 Å². The number of hydrogen-bond donors (Lipinski definition) is 2. The molecule has 1 aliphatic carbocycles. The van der Waals surface area contributed by atoms with Crippen LogP contribution in [0.3, 0.4) is 0 Å². The van der Waals surface area contributed by atoms with Crippen LogP contribution in [0.25, 0.3) is 0 Å². The van der Waals surface area contributed by atoms with Crippen LogP contribution in [0.2, 0.25) is 0 Å². The van der Waals surface area contributed by atoms with Crippen molar-refractivity contribution in [1.29, 1.82) is 0 Å². The van der Waals surface area contributed by atoms with Gasteiger partial charge in [0.1, 0.15) is 0 Å². The van der Waals surface area contributed by atoms with E-state index in [4.69, 9.17) is 0 Å². The molecule has 3 fully saturated rings. The summed E-state index contributed by atoms with van der Waals surface area (Å²) >= 11 is 0. The van der Waals surface area contributed by atoms with Gasteiger partial charge in [0.25, 0.3) is 0 Å². The zero-order valence-corrected chi connectivity index (χ0v) is 14.5. The van der Waals surface area contributed by atoms with E-state index < -0.39 is 0 Å². The van der Waals surface area contributed by atoms with Crippen LogP contribution in [0.5, 0.6) is 0 Å². The van der Waals surface area contributed by atoms with Crippen molar-refractivity contribution in [2.45, 2.75) is 44.6 Å². The van der Waals surface area contributed by atoms with Gasteiger partial charge < -0.3 is 15.5 Å². The van der Waals surface area contributed by atoms with Crippen molar-refractivity contribution >= 4 is 30.7 Å². The Labute approximate surface area is 140 Å². The first-order chi connectivity index (χ1) is 9.22. The van der Waals surface area contributed by atoms with Gasteiger partial charge in [0.05, 0.1) is 5.41 Å². The molecule has 6 heteroatoms. The Bertz CT molecular complexity index is 356. The maximum absolute atomic E-state index is 12.7. The number of amides is 1. The zero-order valence-electron chi connectivity index (χ0n) is 12.9. The highest BCUT2D eigenvalue weighted by molar-refractivity contribution is 5.85. The fraction of sp³-hybridized carbons (Fsp3) is 0.933. The summed E-state index contributed by atoms with van der Waals surface area (Å²) in [5.41, 5.74) is -0.0879. The van der Waals surface area contributed by atoms with Crippen molar-refractivity contribution in [3.8, 4) is 0 Å². The van der Waals surface area contributed by atoms with E-state index in [-0.39, 0.29) is 30.2 Å². The van der Waals surface area contributed by atoms with Gasteiger partial charge in [0.2, 0.25) is 5.91 Å². The SMILES string of the molecule is CN1CCCC1CNC(=O)[C@@]12CCCC[C@H]1CNC2.Cl.Cl. The number of nitrogens with zero attached hydrogens (tertiary/aromatic N) is 1. The molecule has 0 aromatic carbocycles. The first-order valence-electron chi connectivity index (χ1n) is 7.92. The third kappa shape index (κ3) is 3.66. The first-order valence-corrected chi connectivity index (χ1v) is 7.92. The molecule has 0 spiro atoms. The van der Waals surface area contributed by atoms with E-state index in [9.17, 15) is 4.79 Å². The molecule has 0 radical (unpaired) electrons. The van der Waals surface area contributed by atoms with Gasteiger partial charge in [-0.05, 0) is 51.7 Å². The van der Waals surface area contributed by atoms with Gasteiger partial charge in [-0.3, -0.25) is 4.79 Å². The number of nitrogens with one attached hydrogen (secondary N) is 2.